The molecule has 0 saturated carbocycles. The Kier molecular flexibility index (Phi) is 3.21. The number of benzene rings is 1. The second-order valence-corrected chi connectivity index (χ2v) is 5.04. The Morgan fingerprint density at radius 2 is 2.11 bits per heavy atom. The van der Waals surface area contributed by atoms with Crippen LogP contribution in [0, 0.1) is 5.92 Å². The van der Waals surface area contributed by atoms with Crippen molar-refractivity contribution in [3.8, 4) is 11.5 Å². The Bertz CT molecular complexity index is 541. The molecule has 0 unspecified atom stereocenters. The van der Waals surface area contributed by atoms with Gasteiger partial charge in [-0.05, 0) is 29.6 Å². The van der Waals surface area contributed by atoms with Gasteiger partial charge >= 0.3 is 0 Å². The first-order valence-corrected chi connectivity index (χ1v) is 6.56. The standard InChI is InChI=1S/C14H17N3O2/c1-10-7-8-17(9-12(10)18)14-15-13(19-16-14)11-5-3-2-4-6-11/h2-6,10,12,18H,7-9H2,1H3/t10-,12+/m0/s1. The Morgan fingerprint density at radius 1 is 1.32 bits per heavy atom. The van der Waals surface area contributed by atoms with Gasteiger partial charge in [-0.1, -0.05) is 25.1 Å². The maximum atomic E-state index is 9.91. The summed E-state index contributed by atoms with van der Waals surface area (Å²) >= 11 is 0. The summed E-state index contributed by atoms with van der Waals surface area (Å²) in [4.78, 5) is 6.37. The van der Waals surface area contributed by atoms with Gasteiger partial charge in [-0.3, -0.25) is 0 Å². The minimum absolute atomic E-state index is 0.326. The summed E-state index contributed by atoms with van der Waals surface area (Å²) in [6, 6.07) is 9.69. The second-order valence-electron chi connectivity index (χ2n) is 5.04. The third-order valence-electron chi connectivity index (χ3n) is 3.64. The largest absolute Gasteiger partial charge is 0.391 e. The first-order valence-electron chi connectivity index (χ1n) is 6.56. The first-order chi connectivity index (χ1) is 9.24. The molecular weight excluding hydrogens is 242 g/mol. The molecule has 100 valence electrons. The van der Waals surface area contributed by atoms with Crippen molar-refractivity contribution in [2.45, 2.75) is 19.4 Å². The summed E-state index contributed by atoms with van der Waals surface area (Å²) in [6.45, 7) is 3.48. The van der Waals surface area contributed by atoms with E-state index in [4.69, 9.17) is 4.52 Å². The summed E-state index contributed by atoms with van der Waals surface area (Å²) in [5, 5.41) is 13.9. The normalized spacial score (nSPS) is 23.6. The highest BCUT2D eigenvalue weighted by Crippen LogP contribution is 2.24. The van der Waals surface area contributed by atoms with E-state index in [1.54, 1.807) is 0 Å². The maximum absolute atomic E-state index is 9.91. The molecule has 1 saturated heterocycles. The van der Waals surface area contributed by atoms with E-state index in [0.717, 1.165) is 18.5 Å². The van der Waals surface area contributed by atoms with Crippen LogP contribution < -0.4 is 4.90 Å². The lowest BCUT2D eigenvalue weighted by molar-refractivity contribution is 0.102. The number of hydrogen-bond acceptors (Lipinski definition) is 5. The van der Waals surface area contributed by atoms with Gasteiger partial charge in [0.15, 0.2) is 0 Å². The molecular formula is C14H17N3O2. The zero-order chi connectivity index (χ0) is 13.2. The molecule has 1 aliphatic heterocycles. The number of aliphatic hydroxyl groups is 1. The molecule has 1 aromatic carbocycles. The number of β-amino-alcohol motifs (C(OH)–C–C–N with tert-alkyl or cyclic N) is 1. The molecule has 1 aliphatic rings. The van der Waals surface area contributed by atoms with Crippen LogP contribution in [0.15, 0.2) is 34.9 Å². The Labute approximate surface area is 111 Å². The molecule has 2 atom stereocenters. The van der Waals surface area contributed by atoms with Crippen LogP contribution >= 0.6 is 0 Å². The van der Waals surface area contributed by atoms with E-state index in [1.165, 1.54) is 0 Å². The predicted molar refractivity (Wildman–Crippen MR) is 71.7 cm³/mol. The highest BCUT2D eigenvalue weighted by molar-refractivity contribution is 5.54. The van der Waals surface area contributed by atoms with Crippen molar-refractivity contribution < 1.29 is 9.63 Å². The molecule has 19 heavy (non-hydrogen) atoms. The number of aliphatic hydroxyl groups excluding tert-OH is 1. The van der Waals surface area contributed by atoms with E-state index in [2.05, 4.69) is 17.1 Å². The highest BCUT2D eigenvalue weighted by Gasteiger charge is 2.27. The number of hydrogen-bond donors (Lipinski definition) is 1. The molecule has 5 heteroatoms. The first kappa shape index (κ1) is 12.2. The predicted octanol–water partition coefficient (Wildman–Crippen LogP) is 1.94. The molecule has 3 rings (SSSR count). The van der Waals surface area contributed by atoms with Crippen LogP contribution in [0.5, 0.6) is 0 Å². The number of aromatic nitrogens is 2. The smallest absolute Gasteiger partial charge is 0.266 e. The van der Waals surface area contributed by atoms with Crippen LogP contribution in [-0.4, -0.2) is 34.4 Å². The lowest BCUT2D eigenvalue weighted by Gasteiger charge is -2.33. The highest BCUT2D eigenvalue weighted by atomic mass is 16.5. The van der Waals surface area contributed by atoms with Gasteiger partial charge in [-0.15, -0.1) is 0 Å². The lowest BCUT2D eigenvalue weighted by Crippen LogP contribution is -2.43. The Hall–Kier alpha value is -1.88. The Balaban J connectivity index is 1.79. The van der Waals surface area contributed by atoms with Crippen molar-refractivity contribution in [2.24, 2.45) is 5.92 Å². The molecule has 2 aromatic rings. The summed E-state index contributed by atoms with van der Waals surface area (Å²) in [6.07, 6.45) is 0.614. The number of anilines is 1. The maximum Gasteiger partial charge on any atom is 0.266 e. The van der Waals surface area contributed by atoms with Gasteiger partial charge in [0.05, 0.1) is 6.10 Å². The van der Waals surface area contributed by atoms with Gasteiger partial charge in [0.1, 0.15) is 0 Å². The zero-order valence-corrected chi connectivity index (χ0v) is 10.9. The van der Waals surface area contributed by atoms with Crippen molar-refractivity contribution in [1.82, 2.24) is 10.1 Å². The topological polar surface area (TPSA) is 62.4 Å². The zero-order valence-electron chi connectivity index (χ0n) is 10.9. The van der Waals surface area contributed by atoms with E-state index >= 15 is 0 Å². The van der Waals surface area contributed by atoms with Crippen LogP contribution in [0.2, 0.25) is 0 Å². The molecule has 5 nitrogen and oxygen atoms in total. The van der Waals surface area contributed by atoms with Crippen LogP contribution in [0.4, 0.5) is 5.95 Å². The third-order valence-corrected chi connectivity index (χ3v) is 3.64. The van der Waals surface area contributed by atoms with Crippen molar-refractivity contribution in [3.63, 3.8) is 0 Å². The SMILES string of the molecule is C[C@H]1CCN(c2noc(-c3ccccc3)n2)C[C@H]1O. The van der Waals surface area contributed by atoms with Crippen molar-refractivity contribution in [3.05, 3.63) is 30.3 Å². The molecule has 1 N–H and O–H groups in total. The van der Waals surface area contributed by atoms with Crippen molar-refractivity contribution >= 4 is 5.95 Å². The van der Waals surface area contributed by atoms with Crippen LogP contribution in [0.1, 0.15) is 13.3 Å². The molecule has 0 radical (unpaired) electrons. The van der Waals surface area contributed by atoms with E-state index in [9.17, 15) is 5.11 Å². The molecule has 1 aromatic heterocycles. The third kappa shape index (κ3) is 2.46. The fraction of sp³-hybridized carbons (Fsp3) is 0.429. The molecule has 0 amide bonds. The molecule has 0 spiro atoms. The minimum Gasteiger partial charge on any atom is -0.391 e. The number of piperidine rings is 1. The molecule has 2 heterocycles. The summed E-state index contributed by atoms with van der Waals surface area (Å²) in [5.41, 5.74) is 0.909. The van der Waals surface area contributed by atoms with Gasteiger partial charge in [0, 0.05) is 18.7 Å². The average molecular weight is 259 g/mol. The Morgan fingerprint density at radius 3 is 2.84 bits per heavy atom. The number of rotatable bonds is 2. The van der Waals surface area contributed by atoms with Crippen molar-refractivity contribution in [1.29, 1.82) is 0 Å². The summed E-state index contributed by atoms with van der Waals surface area (Å²) in [7, 11) is 0. The average Bonchev–Trinajstić information content (AvgIpc) is 2.93. The summed E-state index contributed by atoms with van der Waals surface area (Å²) in [5.74, 6) is 1.41. The fourth-order valence-corrected chi connectivity index (χ4v) is 2.27. The minimum atomic E-state index is -0.326. The van der Waals surface area contributed by atoms with Crippen LogP contribution in [0.3, 0.4) is 0 Å². The van der Waals surface area contributed by atoms with E-state index in [1.807, 2.05) is 35.2 Å². The monoisotopic (exact) mass is 259 g/mol. The van der Waals surface area contributed by atoms with Gasteiger partial charge in [-0.25, -0.2) is 0 Å². The molecule has 1 fully saturated rings. The quantitative estimate of drug-likeness (QED) is 0.893. The van der Waals surface area contributed by atoms with Crippen molar-refractivity contribution in [2.75, 3.05) is 18.0 Å². The van der Waals surface area contributed by atoms with Crippen LogP contribution in [0.25, 0.3) is 11.5 Å². The van der Waals surface area contributed by atoms with E-state index in [0.29, 0.717) is 24.3 Å². The molecule has 0 bridgehead atoms. The van der Waals surface area contributed by atoms with Gasteiger partial charge in [0.25, 0.3) is 11.8 Å². The summed E-state index contributed by atoms with van der Waals surface area (Å²) < 4.78 is 5.28. The van der Waals surface area contributed by atoms with Gasteiger partial charge < -0.3 is 14.5 Å². The van der Waals surface area contributed by atoms with Gasteiger partial charge in [-0.2, -0.15) is 4.98 Å². The van der Waals surface area contributed by atoms with Gasteiger partial charge in [0.2, 0.25) is 0 Å². The fourth-order valence-electron chi connectivity index (χ4n) is 2.27. The number of nitrogens with zero attached hydrogens (tertiary/aromatic N) is 3. The van der Waals surface area contributed by atoms with E-state index in [-0.39, 0.29) is 6.10 Å². The van der Waals surface area contributed by atoms with E-state index < -0.39 is 0 Å². The molecule has 0 aliphatic carbocycles. The second kappa shape index (κ2) is 5.01. The lowest BCUT2D eigenvalue weighted by atomic mass is 9.96. The van der Waals surface area contributed by atoms with Crippen LogP contribution in [-0.2, 0) is 0 Å².